The summed E-state index contributed by atoms with van der Waals surface area (Å²) in [6.45, 7) is 0. The van der Waals surface area contributed by atoms with Crippen LogP contribution in [-0.2, 0) is 6.42 Å². The smallest absolute Gasteiger partial charge is 0.155 e. The molecular formula is C8H6N4. The molecule has 2 aromatic rings. The number of nitriles is 1. The number of nitrogens with zero attached hydrogens (tertiary/aromatic N) is 4. The fourth-order valence-electron chi connectivity index (χ4n) is 1.05. The van der Waals surface area contributed by atoms with Crippen LogP contribution in [0.3, 0.4) is 0 Å². The van der Waals surface area contributed by atoms with Crippen molar-refractivity contribution < 1.29 is 0 Å². The van der Waals surface area contributed by atoms with E-state index in [1.165, 1.54) is 0 Å². The highest BCUT2D eigenvalue weighted by Crippen LogP contribution is 2.02. The summed E-state index contributed by atoms with van der Waals surface area (Å²) in [5.41, 5.74) is 1.54. The van der Waals surface area contributed by atoms with Gasteiger partial charge in [0, 0.05) is 18.5 Å². The zero-order valence-corrected chi connectivity index (χ0v) is 6.31. The molecule has 0 amide bonds. The van der Waals surface area contributed by atoms with Crippen molar-refractivity contribution in [3.8, 4) is 6.07 Å². The molecule has 0 radical (unpaired) electrons. The molecule has 0 aromatic carbocycles. The lowest BCUT2D eigenvalue weighted by Crippen LogP contribution is -1.88. The molecule has 12 heavy (non-hydrogen) atoms. The lowest BCUT2D eigenvalue weighted by atomic mass is 10.3. The van der Waals surface area contributed by atoms with Crippen molar-refractivity contribution in [2.24, 2.45) is 0 Å². The molecule has 4 nitrogen and oxygen atoms in total. The summed E-state index contributed by atoms with van der Waals surface area (Å²) < 4.78 is 1.66. The van der Waals surface area contributed by atoms with Gasteiger partial charge >= 0.3 is 0 Å². The SMILES string of the molecule is N#CCc1cc2ncccn2n1. The molecule has 0 saturated carbocycles. The maximum absolute atomic E-state index is 8.43. The summed E-state index contributed by atoms with van der Waals surface area (Å²) >= 11 is 0. The Bertz CT molecular complexity index is 404. The molecule has 2 heterocycles. The van der Waals surface area contributed by atoms with Crippen LogP contribution in [0.25, 0.3) is 5.65 Å². The van der Waals surface area contributed by atoms with E-state index in [-0.39, 0.29) is 0 Å². The Labute approximate surface area is 69.1 Å². The van der Waals surface area contributed by atoms with Gasteiger partial charge in [0.05, 0.1) is 18.2 Å². The van der Waals surface area contributed by atoms with E-state index in [0.29, 0.717) is 6.42 Å². The van der Waals surface area contributed by atoms with Gasteiger partial charge in [0.15, 0.2) is 5.65 Å². The fraction of sp³-hybridized carbons (Fsp3) is 0.125. The second kappa shape index (κ2) is 2.62. The van der Waals surface area contributed by atoms with E-state index in [9.17, 15) is 0 Å². The van der Waals surface area contributed by atoms with Gasteiger partial charge in [0.25, 0.3) is 0 Å². The maximum atomic E-state index is 8.43. The van der Waals surface area contributed by atoms with E-state index in [2.05, 4.69) is 10.1 Å². The Morgan fingerprint density at radius 2 is 2.50 bits per heavy atom. The van der Waals surface area contributed by atoms with Crippen LogP contribution in [0, 0.1) is 11.3 Å². The van der Waals surface area contributed by atoms with Gasteiger partial charge in [-0.15, -0.1) is 0 Å². The van der Waals surface area contributed by atoms with Gasteiger partial charge in [-0.2, -0.15) is 10.4 Å². The molecule has 0 saturated heterocycles. The average Bonchev–Trinajstić information content (AvgIpc) is 2.47. The minimum Gasteiger partial charge on any atom is -0.237 e. The molecule has 4 heteroatoms. The molecule has 58 valence electrons. The molecule has 0 spiro atoms. The van der Waals surface area contributed by atoms with Gasteiger partial charge in [-0.1, -0.05) is 0 Å². The summed E-state index contributed by atoms with van der Waals surface area (Å²) in [5, 5.41) is 12.6. The Hall–Kier alpha value is -1.89. The fourth-order valence-corrected chi connectivity index (χ4v) is 1.05. The monoisotopic (exact) mass is 158 g/mol. The molecule has 0 unspecified atom stereocenters. The van der Waals surface area contributed by atoms with E-state index < -0.39 is 0 Å². The van der Waals surface area contributed by atoms with Crippen molar-refractivity contribution in [1.82, 2.24) is 14.6 Å². The van der Waals surface area contributed by atoms with Crippen LogP contribution in [0.2, 0.25) is 0 Å². The van der Waals surface area contributed by atoms with Crippen LogP contribution < -0.4 is 0 Å². The van der Waals surface area contributed by atoms with Crippen LogP contribution >= 0.6 is 0 Å². The normalized spacial score (nSPS) is 9.92. The van der Waals surface area contributed by atoms with Crippen molar-refractivity contribution in [3.63, 3.8) is 0 Å². The Morgan fingerprint density at radius 1 is 1.58 bits per heavy atom. The molecule has 2 rings (SSSR count). The van der Waals surface area contributed by atoms with Crippen LogP contribution in [0.4, 0.5) is 0 Å². The van der Waals surface area contributed by atoms with E-state index in [4.69, 9.17) is 5.26 Å². The first-order chi connectivity index (χ1) is 5.90. The molecule has 0 N–H and O–H groups in total. The van der Waals surface area contributed by atoms with Gasteiger partial charge in [0.1, 0.15) is 0 Å². The Balaban J connectivity index is 2.56. The van der Waals surface area contributed by atoms with Gasteiger partial charge in [-0.3, -0.25) is 0 Å². The van der Waals surface area contributed by atoms with E-state index in [1.807, 2.05) is 18.3 Å². The van der Waals surface area contributed by atoms with Crippen LogP contribution in [0.1, 0.15) is 5.69 Å². The molecule has 0 bridgehead atoms. The standard InChI is InChI=1S/C8H6N4/c9-3-2-7-6-8-10-4-1-5-12(8)11-7/h1,4-6H,2H2. The van der Waals surface area contributed by atoms with Crippen molar-refractivity contribution >= 4 is 5.65 Å². The number of hydrogen-bond donors (Lipinski definition) is 0. The molecule has 0 fully saturated rings. The first-order valence-corrected chi connectivity index (χ1v) is 3.56. The van der Waals surface area contributed by atoms with Gasteiger partial charge < -0.3 is 0 Å². The molecular weight excluding hydrogens is 152 g/mol. The first kappa shape index (κ1) is 6.80. The first-order valence-electron chi connectivity index (χ1n) is 3.56. The number of rotatable bonds is 1. The Kier molecular flexibility index (Phi) is 1.49. The summed E-state index contributed by atoms with van der Waals surface area (Å²) in [5.74, 6) is 0. The second-order valence-electron chi connectivity index (χ2n) is 2.39. The summed E-state index contributed by atoms with van der Waals surface area (Å²) in [7, 11) is 0. The molecule has 2 aromatic heterocycles. The largest absolute Gasteiger partial charge is 0.237 e. The summed E-state index contributed by atoms with van der Waals surface area (Å²) in [4.78, 5) is 4.08. The van der Waals surface area contributed by atoms with E-state index >= 15 is 0 Å². The van der Waals surface area contributed by atoms with Crippen LogP contribution in [0.5, 0.6) is 0 Å². The third-order valence-electron chi connectivity index (χ3n) is 1.55. The summed E-state index contributed by atoms with van der Waals surface area (Å²) in [6, 6.07) is 5.65. The highest BCUT2D eigenvalue weighted by molar-refractivity contribution is 5.38. The van der Waals surface area contributed by atoms with Crippen molar-refractivity contribution in [1.29, 1.82) is 5.26 Å². The number of hydrogen-bond acceptors (Lipinski definition) is 3. The van der Waals surface area contributed by atoms with E-state index in [1.54, 1.807) is 16.8 Å². The topological polar surface area (TPSA) is 54.0 Å². The van der Waals surface area contributed by atoms with Gasteiger partial charge in [-0.05, 0) is 6.07 Å². The molecule has 0 aliphatic heterocycles. The second-order valence-corrected chi connectivity index (χ2v) is 2.39. The third kappa shape index (κ3) is 1.01. The van der Waals surface area contributed by atoms with E-state index in [0.717, 1.165) is 11.3 Å². The highest BCUT2D eigenvalue weighted by atomic mass is 15.2. The van der Waals surface area contributed by atoms with Crippen molar-refractivity contribution in [3.05, 3.63) is 30.2 Å². The minimum atomic E-state index is 0.337. The lowest BCUT2D eigenvalue weighted by molar-refractivity contribution is 0.904. The third-order valence-corrected chi connectivity index (χ3v) is 1.55. The lowest BCUT2D eigenvalue weighted by Gasteiger charge is -1.86. The predicted molar refractivity (Wildman–Crippen MR) is 42.3 cm³/mol. The summed E-state index contributed by atoms with van der Waals surface area (Å²) in [6.07, 6.45) is 3.85. The average molecular weight is 158 g/mol. The Morgan fingerprint density at radius 3 is 3.25 bits per heavy atom. The predicted octanol–water partition coefficient (Wildman–Crippen LogP) is 0.795. The quantitative estimate of drug-likeness (QED) is 0.616. The van der Waals surface area contributed by atoms with Gasteiger partial charge in [-0.25, -0.2) is 9.50 Å². The molecule has 0 atom stereocenters. The van der Waals surface area contributed by atoms with Crippen molar-refractivity contribution in [2.75, 3.05) is 0 Å². The van der Waals surface area contributed by atoms with Gasteiger partial charge in [0.2, 0.25) is 0 Å². The zero-order valence-electron chi connectivity index (χ0n) is 6.31. The van der Waals surface area contributed by atoms with Crippen molar-refractivity contribution in [2.45, 2.75) is 6.42 Å². The zero-order chi connectivity index (χ0) is 8.39. The molecule has 0 aliphatic rings. The maximum Gasteiger partial charge on any atom is 0.155 e. The minimum absolute atomic E-state index is 0.337. The molecule has 0 aliphatic carbocycles. The number of aromatic nitrogens is 3. The number of fused-ring (bicyclic) bond motifs is 1. The highest BCUT2D eigenvalue weighted by Gasteiger charge is 1.99. The van der Waals surface area contributed by atoms with Crippen LogP contribution in [-0.4, -0.2) is 14.6 Å². The van der Waals surface area contributed by atoms with Crippen LogP contribution in [0.15, 0.2) is 24.5 Å².